The Morgan fingerprint density at radius 2 is 1.79 bits per heavy atom. The second-order valence-electron chi connectivity index (χ2n) is 4.13. The van der Waals surface area contributed by atoms with Crippen molar-refractivity contribution in [1.29, 1.82) is 0 Å². The summed E-state index contributed by atoms with van der Waals surface area (Å²) in [7, 11) is 0. The lowest BCUT2D eigenvalue weighted by atomic mass is 10.0. The Hall–Kier alpha value is -0.640. The molecule has 19 heavy (non-hydrogen) atoms. The van der Waals surface area contributed by atoms with Crippen LogP contribution in [0.4, 0.5) is 8.78 Å². The molecule has 0 aliphatic heterocycles. The zero-order valence-electron chi connectivity index (χ0n) is 9.85. The highest BCUT2D eigenvalue weighted by atomic mass is 79.9. The van der Waals surface area contributed by atoms with Crippen molar-refractivity contribution in [2.75, 3.05) is 0 Å². The molecule has 5 heteroatoms. The first-order valence-electron chi connectivity index (χ1n) is 5.45. The van der Waals surface area contributed by atoms with Crippen molar-refractivity contribution in [3.8, 4) is 0 Å². The van der Waals surface area contributed by atoms with Crippen LogP contribution in [0.2, 0.25) is 5.02 Å². The highest BCUT2D eigenvalue weighted by Gasteiger charge is 2.20. The fourth-order valence-corrected chi connectivity index (χ4v) is 2.78. The summed E-state index contributed by atoms with van der Waals surface area (Å²) in [5.41, 5.74) is 1.12. The lowest BCUT2D eigenvalue weighted by Gasteiger charge is -2.15. The van der Waals surface area contributed by atoms with Crippen LogP contribution in [0.5, 0.6) is 0 Å². The van der Waals surface area contributed by atoms with Gasteiger partial charge in [-0.25, -0.2) is 8.78 Å². The minimum Gasteiger partial charge on any atom is -0.207 e. The number of halogens is 5. The summed E-state index contributed by atoms with van der Waals surface area (Å²) in [6.07, 6.45) is 0. The number of hydrogen-bond acceptors (Lipinski definition) is 0. The highest BCUT2D eigenvalue weighted by Crippen LogP contribution is 2.38. The van der Waals surface area contributed by atoms with Gasteiger partial charge in [-0.15, -0.1) is 11.6 Å². The van der Waals surface area contributed by atoms with Gasteiger partial charge in [-0.05, 0) is 46.1 Å². The van der Waals surface area contributed by atoms with E-state index in [0.29, 0.717) is 20.6 Å². The van der Waals surface area contributed by atoms with E-state index >= 15 is 0 Å². The molecule has 0 N–H and O–H groups in total. The van der Waals surface area contributed by atoms with Gasteiger partial charge in [0.2, 0.25) is 0 Å². The van der Waals surface area contributed by atoms with Crippen LogP contribution >= 0.6 is 39.1 Å². The molecule has 0 bridgehead atoms. The standard InChI is InChI=1S/C14H9BrCl2F2/c1-7-5-9(12(19)6-11(7)18)13(16)8-3-2-4-10(15)14(8)17/h2-6,13H,1H3. The molecule has 2 aromatic carbocycles. The Labute approximate surface area is 128 Å². The van der Waals surface area contributed by atoms with Gasteiger partial charge in [-0.2, -0.15) is 0 Å². The van der Waals surface area contributed by atoms with Crippen molar-refractivity contribution in [2.45, 2.75) is 12.3 Å². The molecule has 2 aromatic rings. The van der Waals surface area contributed by atoms with Crippen molar-refractivity contribution in [2.24, 2.45) is 0 Å². The number of aryl methyl sites for hydroxylation is 1. The van der Waals surface area contributed by atoms with Crippen LogP contribution in [0.3, 0.4) is 0 Å². The summed E-state index contributed by atoms with van der Waals surface area (Å²) in [6, 6.07) is 7.48. The van der Waals surface area contributed by atoms with Crippen molar-refractivity contribution in [1.82, 2.24) is 0 Å². The molecule has 100 valence electrons. The molecule has 0 nitrogen and oxygen atoms in total. The lowest BCUT2D eigenvalue weighted by molar-refractivity contribution is 0.568. The van der Waals surface area contributed by atoms with Gasteiger partial charge in [0, 0.05) is 16.1 Å². The van der Waals surface area contributed by atoms with Gasteiger partial charge < -0.3 is 0 Å². The molecule has 1 unspecified atom stereocenters. The molecule has 0 aliphatic rings. The van der Waals surface area contributed by atoms with Gasteiger partial charge in [0.05, 0.1) is 10.4 Å². The number of alkyl halides is 1. The average Bonchev–Trinajstić information content (AvgIpc) is 2.36. The third kappa shape index (κ3) is 2.93. The monoisotopic (exact) mass is 364 g/mol. The number of rotatable bonds is 2. The third-order valence-corrected chi connectivity index (χ3v) is 4.59. The van der Waals surface area contributed by atoms with E-state index in [0.717, 1.165) is 6.07 Å². The van der Waals surface area contributed by atoms with Crippen molar-refractivity contribution >= 4 is 39.1 Å². The number of benzene rings is 2. The average molecular weight is 366 g/mol. The molecule has 0 aromatic heterocycles. The molecular weight excluding hydrogens is 357 g/mol. The SMILES string of the molecule is Cc1cc(C(Cl)c2cccc(Br)c2Cl)c(F)cc1F. The number of hydrogen-bond donors (Lipinski definition) is 0. The first-order chi connectivity index (χ1) is 8.91. The summed E-state index contributed by atoms with van der Waals surface area (Å²) < 4.78 is 27.7. The second-order valence-corrected chi connectivity index (χ2v) is 5.80. The maximum Gasteiger partial charge on any atom is 0.131 e. The fourth-order valence-electron chi connectivity index (χ4n) is 1.76. The van der Waals surface area contributed by atoms with E-state index < -0.39 is 17.0 Å². The Morgan fingerprint density at radius 1 is 1.11 bits per heavy atom. The van der Waals surface area contributed by atoms with E-state index in [9.17, 15) is 8.78 Å². The molecule has 0 aliphatic carbocycles. The first kappa shape index (κ1) is 14.8. The maximum absolute atomic E-state index is 13.8. The Bertz CT molecular complexity index is 629. The van der Waals surface area contributed by atoms with E-state index in [1.165, 1.54) is 6.07 Å². The lowest BCUT2D eigenvalue weighted by Crippen LogP contribution is -2.00. The molecule has 0 spiro atoms. The van der Waals surface area contributed by atoms with Crippen molar-refractivity contribution in [3.05, 3.63) is 68.2 Å². The molecule has 1 atom stereocenters. The molecule has 0 amide bonds. The van der Waals surface area contributed by atoms with Gasteiger partial charge >= 0.3 is 0 Å². The molecule has 0 fully saturated rings. The first-order valence-corrected chi connectivity index (χ1v) is 7.06. The van der Waals surface area contributed by atoms with Gasteiger partial charge in [0.25, 0.3) is 0 Å². The topological polar surface area (TPSA) is 0 Å². The van der Waals surface area contributed by atoms with E-state index in [2.05, 4.69) is 15.9 Å². The molecule has 0 saturated carbocycles. The normalized spacial score (nSPS) is 12.5. The summed E-state index contributed by atoms with van der Waals surface area (Å²) >= 11 is 15.7. The van der Waals surface area contributed by atoms with Gasteiger partial charge in [-0.3, -0.25) is 0 Å². The maximum atomic E-state index is 13.8. The van der Waals surface area contributed by atoms with Crippen LogP contribution in [0.1, 0.15) is 22.1 Å². The Kier molecular flexibility index (Phi) is 4.49. The predicted molar refractivity (Wildman–Crippen MR) is 77.9 cm³/mol. The quantitative estimate of drug-likeness (QED) is 0.571. The van der Waals surface area contributed by atoms with E-state index in [1.54, 1.807) is 25.1 Å². The summed E-state index contributed by atoms with van der Waals surface area (Å²) in [5.74, 6) is -1.27. The Morgan fingerprint density at radius 3 is 2.47 bits per heavy atom. The molecule has 0 saturated heterocycles. The minimum absolute atomic E-state index is 0.209. The summed E-state index contributed by atoms with van der Waals surface area (Å²) in [5, 5.41) is -0.354. The fraction of sp³-hybridized carbons (Fsp3) is 0.143. The van der Waals surface area contributed by atoms with Gasteiger partial charge in [-0.1, -0.05) is 23.7 Å². The van der Waals surface area contributed by atoms with Crippen LogP contribution in [0, 0.1) is 18.6 Å². The zero-order valence-corrected chi connectivity index (χ0v) is 13.0. The molecule has 0 heterocycles. The zero-order chi connectivity index (χ0) is 14.2. The van der Waals surface area contributed by atoms with Crippen molar-refractivity contribution in [3.63, 3.8) is 0 Å². The van der Waals surface area contributed by atoms with Crippen LogP contribution in [-0.2, 0) is 0 Å². The molecular formula is C14H9BrCl2F2. The van der Waals surface area contributed by atoms with E-state index in [-0.39, 0.29) is 5.56 Å². The van der Waals surface area contributed by atoms with Crippen LogP contribution in [0.25, 0.3) is 0 Å². The van der Waals surface area contributed by atoms with Crippen LogP contribution < -0.4 is 0 Å². The van der Waals surface area contributed by atoms with Crippen LogP contribution in [-0.4, -0.2) is 0 Å². The van der Waals surface area contributed by atoms with Gasteiger partial charge in [0.1, 0.15) is 11.6 Å². The van der Waals surface area contributed by atoms with Crippen LogP contribution in [0.15, 0.2) is 34.8 Å². The molecule has 0 radical (unpaired) electrons. The van der Waals surface area contributed by atoms with E-state index in [4.69, 9.17) is 23.2 Å². The minimum atomic E-state index is -0.774. The molecule has 2 rings (SSSR count). The predicted octanol–water partition coefficient (Wildman–Crippen LogP) is 6.02. The second kappa shape index (κ2) is 5.78. The highest BCUT2D eigenvalue weighted by molar-refractivity contribution is 9.10. The smallest absolute Gasteiger partial charge is 0.131 e. The third-order valence-electron chi connectivity index (χ3n) is 2.81. The van der Waals surface area contributed by atoms with Gasteiger partial charge in [0.15, 0.2) is 0 Å². The Balaban J connectivity index is 2.53. The summed E-state index contributed by atoms with van der Waals surface area (Å²) in [6.45, 7) is 1.56. The van der Waals surface area contributed by atoms with E-state index in [1.807, 2.05) is 0 Å². The van der Waals surface area contributed by atoms with Crippen molar-refractivity contribution < 1.29 is 8.78 Å². The largest absolute Gasteiger partial charge is 0.207 e. The summed E-state index contributed by atoms with van der Waals surface area (Å²) in [4.78, 5) is 0.